The van der Waals surface area contributed by atoms with Gasteiger partial charge in [-0.15, -0.1) is 0 Å². The van der Waals surface area contributed by atoms with E-state index in [1.54, 1.807) is 36.4 Å². The van der Waals surface area contributed by atoms with Gasteiger partial charge in [-0.25, -0.2) is 4.79 Å². The third-order valence-corrected chi connectivity index (χ3v) is 4.98. The molecule has 0 bridgehead atoms. The first-order chi connectivity index (χ1) is 16.4. The van der Waals surface area contributed by atoms with E-state index in [-0.39, 0.29) is 11.7 Å². The zero-order chi connectivity index (χ0) is 24.9. The number of carbonyl (C=O) groups excluding carboxylic acids is 3. The van der Waals surface area contributed by atoms with Gasteiger partial charge in [0.05, 0.1) is 21.3 Å². The number of ketones is 1. The van der Waals surface area contributed by atoms with E-state index in [2.05, 4.69) is 12.2 Å². The maximum atomic E-state index is 12.3. The number of amides is 1. The Morgan fingerprint density at radius 2 is 1.53 bits per heavy atom. The minimum atomic E-state index is -0.679. The number of rotatable bonds is 13. The molecule has 1 N–H and O–H groups in total. The van der Waals surface area contributed by atoms with Gasteiger partial charge in [0.2, 0.25) is 5.91 Å². The second kappa shape index (κ2) is 13.7. The molecule has 1 amide bonds. The maximum absolute atomic E-state index is 12.3. The van der Waals surface area contributed by atoms with Gasteiger partial charge in [0.15, 0.2) is 23.9 Å². The summed E-state index contributed by atoms with van der Waals surface area (Å²) in [5, 5.41) is 2.80. The maximum Gasteiger partial charge on any atom is 0.331 e. The summed E-state index contributed by atoms with van der Waals surface area (Å²) in [7, 11) is 4.52. The third-order valence-electron chi connectivity index (χ3n) is 4.98. The van der Waals surface area contributed by atoms with Crippen molar-refractivity contribution in [1.82, 2.24) is 0 Å². The molecule has 0 aromatic heterocycles. The standard InChI is InChI=1S/C26H31NO7/c1-5-6-7-8-25(29)27-20-12-9-18(10-13-20)21(28)17-34-26(30)14-11-19-15-23(32-3)24(33-4)16-22(19)31-2/h9-16H,5-8,17H2,1-4H3,(H,27,29)/b14-11+. The molecule has 182 valence electrons. The first-order valence-corrected chi connectivity index (χ1v) is 11.0. The van der Waals surface area contributed by atoms with Crippen LogP contribution in [0.5, 0.6) is 17.2 Å². The van der Waals surface area contributed by atoms with Crippen LogP contribution in [0.4, 0.5) is 5.69 Å². The Hall–Kier alpha value is -3.81. The lowest BCUT2D eigenvalue weighted by atomic mass is 10.1. The number of methoxy groups -OCH3 is 3. The van der Waals surface area contributed by atoms with Crippen molar-refractivity contribution in [3.63, 3.8) is 0 Å². The predicted molar refractivity (Wildman–Crippen MR) is 130 cm³/mol. The normalized spacial score (nSPS) is 10.6. The average Bonchev–Trinajstić information content (AvgIpc) is 2.85. The van der Waals surface area contributed by atoms with Crippen LogP contribution >= 0.6 is 0 Å². The zero-order valence-corrected chi connectivity index (χ0v) is 20.0. The van der Waals surface area contributed by atoms with E-state index in [0.29, 0.717) is 40.5 Å². The van der Waals surface area contributed by atoms with Gasteiger partial charge >= 0.3 is 5.97 Å². The van der Waals surface area contributed by atoms with Crippen LogP contribution in [0.25, 0.3) is 6.08 Å². The fourth-order valence-electron chi connectivity index (χ4n) is 3.11. The van der Waals surface area contributed by atoms with Gasteiger partial charge in [0.25, 0.3) is 0 Å². The molecule has 0 heterocycles. The Balaban J connectivity index is 1.91. The van der Waals surface area contributed by atoms with Gasteiger partial charge in [-0.2, -0.15) is 0 Å². The molecule has 0 saturated carbocycles. The molecule has 0 aliphatic carbocycles. The van der Waals surface area contributed by atoms with E-state index in [9.17, 15) is 14.4 Å². The Labute approximate surface area is 199 Å². The molecule has 2 aromatic rings. The van der Waals surface area contributed by atoms with Crippen molar-refractivity contribution in [2.75, 3.05) is 33.3 Å². The number of benzene rings is 2. The van der Waals surface area contributed by atoms with Gasteiger partial charge in [-0.1, -0.05) is 19.8 Å². The summed E-state index contributed by atoms with van der Waals surface area (Å²) in [6.07, 6.45) is 6.08. The van der Waals surface area contributed by atoms with Crippen molar-refractivity contribution in [2.24, 2.45) is 0 Å². The monoisotopic (exact) mass is 469 g/mol. The van der Waals surface area contributed by atoms with E-state index in [1.165, 1.54) is 33.5 Å². The highest BCUT2D eigenvalue weighted by atomic mass is 16.5. The van der Waals surface area contributed by atoms with Gasteiger partial charge in [0, 0.05) is 35.4 Å². The second-order valence-corrected chi connectivity index (χ2v) is 7.40. The van der Waals surface area contributed by atoms with Gasteiger partial charge in [-0.3, -0.25) is 9.59 Å². The Kier molecular flexibility index (Phi) is 10.6. The van der Waals surface area contributed by atoms with Crippen molar-refractivity contribution in [2.45, 2.75) is 32.6 Å². The van der Waals surface area contributed by atoms with Crippen molar-refractivity contribution >= 4 is 29.4 Å². The van der Waals surface area contributed by atoms with E-state index in [0.717, 1.165) is 19.3 Å². The molecule has 0 saturated heterocycles. The first kappa shape index (κ1) is 26.4. The molecule has 0 aliphatic heterocycles. The first-order valence-electron chi connectivity index (χ1n) is 11.0. The summed E-state index contributed by atoms with van der Waals surface area (Å²) in [5.74, 6) is 0.362. The van der Waals surface area contributed by atoms with Crippen LogP contribution in [0.1, 0.15) is 48.5 Å². The number of ether oxygens (including phenoxy) is 4. The SMILES string of the molecule is CCCCCC(=O)Nc1ccc(C(=O)COC(=O)/C=C/c2cc(OC)c(OC)cc2OC)cc1. The lowest BCUT2D eigenvalue weighted by Crippen LogP contribution is -2.13. The summed E-state index contributed by atoms with van der Waals surface area (Å²) < 4.78 is 20.9. The largest absolute Gasteiger partial charge is 0.496 e. The zero-order valence-electron chi connectivity index (χ0n) is 20.0. The highest BCUT2D eigenvalue weighted by Gasteiger charge is 2.12. The molecule has 0 radical (unpaired) electrons. The fraction of sp³-hybridized carbons (Fsp3) is 0.346. The van der Waals surface area contributed by atoms with E-state index in [1.807, 2.05) is 0 Å². The highest BCUT2D eigenvalue weighted by molar-refractivity contribution is 5.99. The lowest BCUT2D eigenvalue weighted by molar-refractivity contribution is -0.136. The van der Waals surface area contributed by atoms with Crippen molar-refractivity contribution in [3.8, 4) is 17.2 Å². The number of Topliss-reactive ketones (excluding diaryl/α,β-unsaturated/α-hetero) is 1. The minimum absolute atomic E-state index is 0.0562. The summed E-state index contributed by atoms with van der Waals surface area (Å²) in [6.45, 7) is 1.67. The van der Waals surface area contributed by atoms with Crippen molar-refractivity contribution in [1.29, 1.82) is 0 Å². The van der Waals surface area contributed by atoms with Gasteiger partial charge in [-0.05, 0) is 42.8 Å². The van der Waals surface area contributed by atoms with E-state index < -0.39 is 12.6 Å². The number of hydrogen-bond donors (Lipinski definition) is 1. The number of carbonyl (C=O) groups is 3. The number of esters is 1. The molecule has 0 fully saturated rings. The number of nitrogens with one attached hydrogen (secondary N) is 1. The molecular formula is C26H31NO7. The van der Waals surface area contributed by atoms with Crippen LogP contribution in [0.2, 0.25) is 0 Å². The van der Waals surface area contributed by atoms with Crippen LogP contribution in [0.15, 0.2) is 42.5 Å². The van der Waals surface area contributed by atoms with Crippen molar-refractivity contribution < 1.29 is 33.3 Å². The molecule has 2 aromatic carbocycles. The molecule has 2 rings (SSSR count). The summed E-state index contributed by atoms with van der Waals surface area (Å²) in [4.78, 5) is 36.3. The number of hydrogen-bond acceptors (Lipinski definition) is 7. The van der Waals surface area contributed by atoms with Gasteiger partial charge < -0.3 is 24.3 Å². The topological polar surface area (TPSA) is 100 Å². The van der Waals surface area contributed by atoms with Crippen LogP contribution < -0.4 is 19.5 Å². The molecular weight excluding hydrogens is 438 g/mol. The quantitative estimate of drug-likeness (QED) is 0.197. The summed E-state index contributed by atoms with van der Waals surface area (Å²) in [6, 6.07) is 9.78. The van der Waals surface area contributed by atoms with E-state index in [4.69, 9.17) is 18.9 Å². The van der Waals surface area contributed by atoms with Crippen LogP contribution in [-0.4, -0.2) is 45.6 Å². The summed E-state index contributed by atoms with van der Waals surface area (Å²) in [5.41, 5.74) is 1.57. The predicted octanol–water partition coefficient (Wildman–Crippen LogP) is 4.67. The van der Waals surface area contributed by atoms with Crippen LogP contribution in [-0.2, 0) is 14.3 Å². The minimum Gasteiger partial charge on any atom is -0.496 e. The third kappa shape index (κ3) is 7.95. The molecule has 8 nitrogen and oxygen atoms in total. The fourth-order valence-corrected chi connectivity index (χ4v) is 3.11. The molecule has 8 heteroatoms. The second-order valence-electron chi connectivity index (χ2n) is 7.40. The lowest BCUT2D eigenvalue weighted by Gasteiger charge is -2.12. The Morgan fingerprint density at radius 3 is 2.15 bits per heavy atom. The average molecular weight is 470 g/mol. The van der Waals surface area contributed by atoms with Crippen molar-refractivity contribution in [3.05, 3.63) is 53.6 Å². The van der Waals surface area contributed by atoms with Crippen LogP contribution in [0, 0.1) is 0 Å². The van der Waals surface area contributed by atoms with Gasteiger partial charge in [0.1, 0.15) is 5.75 Å². The smallest absolute Gasteiger partial charge is 0.331 e. The Bertz CT molecular complexity index is 1010. The molecule has 0 aliphatic rings. The Morgan fingerprint density at radius 1 is 0.882 bits per heavy atom. The molecule has 34 heavy (non-hydrogen) atoms. The number of anilines is 1. The molecule has 0 spiro atoms. The molecule has 0 atom stereocenters. The number of unbranched alkanes of at least 4 members (excludes halogenated alkanes) is 2. The van der Waals surface area contributed by atoms with E-state index >= 15 is 0 Å². The molecule has 0 unspecified atom stereocenters. The highest BCUT2D eigenvalue weighted by Crippen LogP contribution is 2.35. The van der Waals surface area contributed by atoms with Crippen LogP contribution in [0.3, 0.4) is 0 Å². The summed E-state index contributed by atoms with van der Waals surface area (Å²) >= 11 is 0.